The van der Waals surface area contributed by atoms with Crippen molar-refractivity contribution in [3.63, 3.8) is 0 Å². The third-order valence-corrected chi connectivity index (χ3v) is 3.93. The second-order valence-corrected chi connectivity index (χ2v) is 5.74. The molecule has 4 aromatic rings. The number of rotatable bonds is 5. The van der Waals surface area contributed by atoms with Gasteiger partial charge in [0, 0.05) is 6.54 Å². The molecule has 8 heteroatoms. The zero-order chi connectivity index (χ0) is 17.9. The fourth-order valence-corrected chi connectivity index (χ4v) is 2.60. The summed E-state index contributed by atoms with van der Waals surface area (Å²) < 4.78 is 1.67. The molecule has 2 aromatic carbocycles. The summed E-state index contributed by atoms with van der Waals surface area (Å²) in [6.07, 6.45) is 2.27. The monoisotopic (exact) mass is 348 g/mol. The molecule has 8 nitrogen and oxygen atoms in total. The van der Waals surface area contributed by atoms with Crippen LogP contribution in [0, 0.1) is 0 Å². The van der Waals surface area contributed by atoms with E-state index >= 15 is 0 Å². The van der Waals surface area contributed by atoms with Crippen LogP contribution in [0.5, 0.6) is 11.5 Å². The lowest BCUT2D eigenvalue weighted by molar-refractivity contribution is 0.403. The number of aromatic hydroxyl groups is 2. The number of nitrogens with one attached hydrogen (secondary N) is 1. The largest absolute Gasteiger partial charge is 0.504 e. The zero-order valence-corrected chi connectivity index (χ0v) is 13.7. The Labute approximate surface area is 148 Å². The minimum absolute atomic E-state index is 0.127. The van der Waals surface area contributed by atoms with Gasteiger partial charge >= 0.3 is 0 Å². The molecule has 0 aliphatic carbocycles. The highest BCUT2D eigenvalue weighted by atomic mass is 16.3. The van der Waals surface area contributed by atoms with Crippen molar-refractivity contribution in [1.82, 2.24) is 25.0 Å². The van der Waals surface area contributed by atoms with Crippen LogP contribution < -0.4 is 5.32 Å². The molecule has 0 unspecified atom stereocenters. The molecule has 0 saturated carbocycles. The Morgan fingerprint density at radius 1 is 1.00 bits per heavy atom. The Morgan fingerprint density at radius 2 is 1.85 bits per heavy atom. The number of para-hydroxylation sites is 1. The van der Waals surface area contributed by atoms with E-state index in [0.717, 1.165) is 11.3 Å². The minimum atomic E-state index is -0.128. The lowest BCUT2D eigenvalue weighted by atomic mass is 10.1. The fraction of sp³-hybridized carbons (Fsp3) is 0.111. The number of hydrogen-bond acceptors (Lipinski definition) is 7. The van der Waals surface area contributed by atoms with Crippen molar-refractivity contribution in [3.8, 4) is 17.2 Å². The Bertz CT molecular complexity index is 1050. The molecule has 0 amide bonds. The number of phenolic OH excluding ortho intramolecular Hbond substituents is 2. The molecule has 0 fully saturated rings. The minimum Gasteiger partial charge on any atom is -0.504 e. The molecule has 0 bridgehead atoms. The van der Waals surface area contributed by atoms with E-state index in [9.17, 15) is 10.2 Å². The van der Waals surface area contributed by atoms with Crippen LogP contribution in [0.4, 0.5) is 5.95 Å². The Kier molecular flexibility index (Phi) is 4.06. The maximum Gasteiger partial charge on any atom is 0.224 e. The summed E-state index contributed by atoms with van der Waals surface area (Å²) in [6, 6.07) is 14.4. The lowest BCUT2D eigenvalue weighted by Gasteiger charge is -2.06. The third-order valence-electron chi connectivity index (χ3n) is 3.93. The topological polar surface area (TPSA) is 109 Å². The number of fused-ring (bicyclic) bond motifs is 1. The van der Waals surface area contributed by atoms with E-state index in [4.69, 9.17) is 0 Å². The third kappa shape index (κ3) is 3.12. The molecule has 4 rings (SSSR count). The van der Waals surface area contributed by atoms with Gasteiger partial charge in [0.2, 0.25) is 5.95 Å². The van der Waals surface area contributed by atoms with Gasteiger partial charge in [0.25, 0.3) is 0 Å². The van der Waals surface area contributed by atoms with E-state index in [-0.39, 0.29) is 11.5 Å². The van der Waals surface area contributed by atoms with Crippen molar-refractivity contribution in [2.24, 2.45) is 0 Å². The number of anilines is 1. The van der Waals surface area contributed by atoms with Crippen molar-refractivity contribution in [2.45, 2.75) is 6.42 Å². The van der Waals surface area contributed by atoms with Crippen LogP contribution >= 0.6 is 0 Å². The van der Waals surface area contributed by atoms with Gasteiger partial charge in [-0.1, -0.05) is 29.5 Å². The van der Waals surface area contributed by atoms with Gasteiger partial charge in [-0.25, -0.2) is 4.98 Å². The van der Waals surface area contributed by atoms with E-state index in [0.29, 0.717) is 30.1 Å². The van der Waals surface area contributed by atoms with Crippen LogP contribution in [0.3, 0.4) is 0 Å². The van der Waals surface area contributed by atoms with Gasteiger partial charge in [-0.15, -0.1) is 5.10 Å². The first-order chi connectivity index (χ1) is 12.7. The molecule has 2 heterocycles. The predicted octanol–water partition coefficient (Wildman–Crippen LogP) is 2.28. The SMILES string of the molecule is Oc1ccc(CCNc2ncc3nnn(-c4ccccc4)c3n2)cc1O. The summed E-state index contributed by atoms with van der Waals surface area (Å²) in [7, 11) is 0. The molecular formula is C18H16N6O2. The van der Waals surface area contributed by atoms with Gasteiger partial charge in [-0.3, -0.25) is 0 Å². The van der Waals surface area contributed by atoms with Crippen molar-refractivity contribution >= 4 is 17.1 Å². The van der Waals surface area contributed by atoms with Gasteiger partial charge in [0.15, 0.2) is 22.7 Å². The number of aromatic nitrogens is 5. The lowest BCUT2D eigenvalue weighted by Crippen LogP contribution is -2.08. The standard InChI is InChI=1S/C18H16N6O2/c25-15-7-6-12(10-16(15)26)8-9-19-18-20-11-14-17(21-18)24(23-22-14)13-4-2-1-3-5-13/h1-7,10-11,25-26H,8-9H2,(H,19,20,21). The second-order valence-electron chi connectivity index (χ2n) is 5.74. The van der Waals surface area contributed by atoms with Crippen LogP contribution in [0.1, 0.15) is 5.56 Å². The maximum atomic E-state index is 9.54. The number of benzene rings is 2. The van der Waals surface area contributed by atoms with Gasteiger partial charge in [0.1, 0.15) is 0 Å². The van der Waals surface area contributed by atoms with Gasteiger partial charge in [0.05, 0.1) is 11.9 Å². The van der Waals surface area contributed by atoms with E-state index in [1.165, 1.54) is 12.1 Å². The summed E-state index contributed by atoms with van der Waals surface area (Å²) in [4.78, 5) is 8.75. The van der Waals surface area contributed by atoms with Crippen LogP contribution in [-0.2, 0) is 6.42 Å². The van der Waals surface area contributed by atoms with Crippen molar-refractivity contribution in [3.05, 3.63) is 60.3 Å². The average molecular weight is 348 g/mol. The highest BCUT2D eigenvalue weighted by Gasteiger charge is 2.10. The molecule has 0 spiro atoms. The summed E-state index contributed by atoms with van der Waals surface area (Å²) >= 11 is 0. The fourth-order valence-electron chi connectivity index (χ4n) is 2.60. The predicted molar refractivity (Wildman–Crippen MR) is 96.4 cm³/mol. The molecule has 2 aromatic heterocycles. The normalized spacial score (nSPS) is 10.9. The number of nitrogens with zero attached hydrogens (tertiary/aromatic N) is 5. The number of hydrogen-bond donors (Lipinski definition) is 3. The van der Waals surface area contributed by atoms with Gasteiger partial charge in [-0.05, 0) is 36.2 Å². The first-order valence-corrected chi connectivity index (χ1v) is 8.09. The van der Waals surface area contributed by atoms with Crippen LogP contribution in [-0.4, -0.2) is 41.7 Å². The molecular weight excluding hydrogens is 332 g/mol. The quantitative estimate of drug-likeness (QED) is 0.475. The van der Waals surface area contributed by atoms with E-state index in [1.807, 2.05) is 30.3 Å². The van der Waals surface area contributed by atoms with Crippen molar-refractivity contribution in [1.29, 1.82) is 0 Å². The molecule has 0 radical (unpaired) electrons. The molecule has 0 aliphatic rings. The molecule has 26 heavy (non-hydrogen) atoms. The first-order valence-electron chi connectivity index (χ1n) is 8.09. The van der Waals surface area contributed by atoms with Crippen molar-refractivity contribution < 1.29 is 10.2 Å². The number of phenols is 2. The van der Waals surface area contributed by atoms with E-state index < -0.39 is 0 Å². The Morgan fingerprint density at radius 3 is 2.65 bits per heavy atom. The van der Waals surface area contributed by atoms with Crippen molar-refractivity contribution in [2.75, 3.05) is 11.9 Å². The Hall–Kier alpha value is -3.68. The van der Waals surface area contributed by atoms with Crippen LogP contribution in [0.2, 0.25) is 0 Å². The first kappa shape index (κ1) is 15.8. The second kappa shape index (κ2) is 6.67. The molecule has 0 saturated heterocycles. The summed E-state index contributed by atoms with van der Waals surface area (Å²) in [6.45, 7) is 0.572. The zero-order valence-electron chi connectivity index (χ0n) is 13.7. The highest BCUT2D eigenvalue weighted by molar-refractivity contribution is 5.71. The highest BCUT2D eigenvalue weighted by Crippen LogP contribution is 2.25. The summed E-state index contributed by atoms with van der Waals surface area (Å²) in [5.74, 6) is 0.218. The molecule has 0 atom stereocenters. The van der Waals surface area contributed by atoms with Crippen LogP contribution in [0.15, 0.2) is 54.7 Å². The van der Waals surface area contributed by atoms with E-state index in [2.05, 4.69) is 25.6 Å². The average Bonchev–Trinajstić information content (AvgIpc) is 3.09. The molecule has 130 valence electrons. The van der Waals surface area contributed by atoms with Crippen LogP contribution in [0.25, 0.3) is 16.9 Å². The van der Waals surface area contributed by atoms with Gasteiger partial charge < -0.3 is 15.5 Å². The van der Waals surface area contributed by atoms with E-state index in [1.54, 1.807) is 16.9 Å². The Balaban J connectivity index is 1.51. The van der Waals surface area contributed by atoms with Gasteiger partial charge in [-0.2, -0.15) is 9.67 Å². The maximum absolute atomic E-state index is 9.54. The molecule has 3 N–H and O–H groups in total. The molecule has 0 aliphatic heterocycles. The smallest absolute Gasteiger partial charge is 0.224 e. The summed E-state index contributed by atoms with van der Waals surface area (Å²) in [5, 5.41) is 30.3. The summed E-state index contributed by atoms with van der Waals surface area (Å²) in [5.41, 5.74) is 3.00.